The Morgan fingerprint density at radius 1 is 1.17 bits per heavy atom. The van der Waals surface area contributed by atoms with Crippen molar-refractivity contribution < 1.29 is 14.3 Å². The molecule has 5 nitrogen and oxygen atoms in total. The third-order valence-corrected chi connectivity index (χ3v) is 2.94. The van der Waals surface area contributed by atoms with E-state index in [2.05, 4.69) is 25.7 Å². The molecule has 0 aromatic rings. The van der Waals surface area contributed by atoms with Crippen molar-refractivity contribution in [2.75, 3.05) is 53.0 Å². The first-order valence-corrected chi connectivity index (χ1v) is 6.55. The van der Waals surface area contributed by atoms with Gasteiger partial charge >= 0.3 is 0 Å². The number of piperazine rings is 1. The van der Waals surface area contributed by atoms with Crippen molar-refractivity contribution in [3.05, 3.63) is 0 Å². The number of nitrogens with zero attached hydrogens (tertiary/aromatic N) is 2. The van der Waals surface area contributed by atoms with Crippen molar-refractivity contribution >= 4 is 5.91 Å². The summed E-state index contributed by atoms with van der Waals surface area (Å²) in [5.74, 6) is 0.0862. The number of ether oxygens (including phenoxy) is 2. The van der Waals surface area contributed by atoms with Crippen LogP contribution in [0.25, 0.3) is 0 Å². The Kier molecular flexibility index (Phi) is 6.05. The predicted octanol–water partition coefficient (Wildman–Crippen LogP) is 0.592. The molecule has 1 fully saturated rings. The minimum Gasteiger partial charge on any atom is -0.375 e. The van der Waals surface area contributed by atoms with Gasteiger partial charge in [-0.2, -0.15) is 0 Å². The second-order valence-electron chi connectivity index (χ2n) is 5.62. The maximum absolute atomic E-state index is 11.6. The summed E-state index contributed by atoms with van der Waals surface area (Å²) in [7, 11) is 1.55. The van der Waals surface area contributed by atoms with Gasteiger partial charge in [-0.15, -0.1) is 0 Å². The van der Waals surface area contributed by atoms with Crippen LogP contribution in [0.2, 0.25) is 0 Å². The van der Waals surface area contributed by atoms with Gasteiger partial charge in [-0.05, 0) is 20.8 Å². The van der Waals surface area contributed by atoms with Crippen molar-refractivity contribution in [3.8, 4) is 0 Å². The molecule has 106 valence electrons. The Bertz CT molecular complexity index is 255. The topological polar surface area (TPSA) is 42.0 Å². The van der Waals surface area contributed by atoms with E-state index in [0.717, 1.165) is 39.3 Å². The monoisotopic (exact) mass is 258 g/mol. The van der Waals surface area contributed by atoms with Crippen LogP contribution in [0.1, 0.15) is 20.8 Å². The number of carbonyl (C=O) groups is 1. The lowest BCUT2D eigenvalue weighted by Gasteiger charge is -2.35. The van der Waals surface area contributed by atoms with E-state index in [1.54, 1.807) is 7.11 Å². The molecule has 0 radical (unpaired) electrons. The Morgan fingerprint density at radius 3 is 2.28 bits per heavy atom. The third kappa shape index (κ3) is 5.80. The zero-order valence-electron chi connectivity index (χ0n) is 12.1. The molecule has 0 aromatic carbocycles. The van der Waals surface area contributed by atoms with Gasteiger partial charge < -0.3 is 14.4 Å². The van der Waals surface area contributed by atoms with Crippen molar-refractivity contribution in [2.45, 2.75) is 26.4 Å². The maximum Gasteiger partial charge on any atom is 0.248 e. The summed E-state index contributed by atoms with van der Waals surface area (Å²) in [5.41, 5.74) is -0.0732. The first-order chi connectivity index (χ1) is 8.42. The van der Waals surface area contributed by atoms with Crippen molar-refractivity contribution in [3.63, 3.8) is 0 Å². The number of hydrogen-bond acceptors (Lipinski definition) is 4. The highest BCUT2D eigenvalue weighted by Gasteiger charge is 2.21. The molecular weight excluding hydrogens is 232 g/mol. The highest BCUT2D eigenvalue weighted by molar-refractivity contribution is 5.77. The lowest BCUT2D eigenvalue weighted by atomic mass is 10.2. The summed E-state index contributed by atoms with van der Waals surface area (Å²) in [6.07, 6.45) is 0. The summed E-state index contributed by atoms with van der Waals surface area (Å²) < 4.78 is 10.6. The zero-order chi connectivity index (χ0) is 13.6. The molecule has 1 aliphatic rings. The summed E-state index contributed by atoms with van der Waals surface area (Å²) in [4.78, 5) is 15.8. The molecule has 1 aliphatic heterocycles. The number of hydrogen-bond donors (Lipinski definition) is 0. The molecule has 0 saturated carbocycles. The van der Waals surface area contributed by atoms with Gasteiger partial charge in [0.05, 0.1) is 12.2 Å². The summed E-state index contributed by atoms with van der Waals surface area (Å²) in [6.45, 7) is 11.5. The van der Waals surface area contributed by atoms with Crippen LogP contribution in [-0.4, -0.2) is 74.4 Å². The van der Waals surface area contributed by atoms with E-state index in [-0.39, 0.29) is 18.1 Å². The SMILES string of the molecule is COCC(=O)N1CCN(CCOC(C)(C)C)CC1. The van der Waals surface area contributed by atoms with Crippen molar-refractivity contribution in [1.29, 1.82) is 0 Å². The Labute approximate surface area is 110 Å². The maximum atomic E-state index is 11.6. The highest BCUT2D eigenvalue weighted by atomic mass is 16.5. The average Bonchev–Trinajstić information content (AvgIpc) is 2.28. The second kappa shape index (κ2) is 7.07. The molecule has 0 bridgehead atoms. The molecule has 0 unspecified atom stereocenters. The van der Waals surface area contributed by atoms with Crippen LogP contribution in [0.5, 0.6) is 0 Å². The molecule has 1 heterocycles. The molecule has 18 heavy (non-hydrogen) atoms. The van der Waals surface area contributed by atoms with Gasteiger partial charge in [0.15, 0.2) is 0 Å². The van der Waals surface area contributed by atoms with Crippen LogP contribution < -0.4 is 0 Å². The van der Waals surface area contributed by atoms with E-state index < -0.39 is 0 Å². The average molecular weight is 258 g/mol. The second-order valence-corrected chi connectivity index (χ2v) is 5.62. The lowest BCUT2D eigenvalue weighted by Crippen LogP contribution is -2.50. The lowest BCUT2D eigenvalue weighted by molar-refractivity contribution is -0.137. The molecule has 0 atom stereocenters. The van der Waals surface area contributed by atoms with Gasteiger partial charge in [-0.3, -0.25) is 9.69 Å². The largest absolute Gasteiger partial charge is 0.375 e. The molecule has 0 aromatic heterocycles. The fraction of sp³-hybridized carbons (Fsp3) is 0.923. The van der Waals surface area contributed by atoms with E-state index >= 15 is 0 Å². The normalized spacial score (nSPS) is 18.1. The van der Waals surface area contributed by atoms with Crippen molar-refractivity contribution in [1.82, 2.24) is 9.80 Å². The summed E-state index contributed by atoms with van der Waals surface area (Å²) >= 11 is 0. The smallest absolute Gasteiger partial charge is 0.248 e. The summed E-state index contributed by atoms with van der Waals surface area (Å²) in [6, 6.07) is 0. The number of amides is 1. The van der Waals surface area contributed by atoms with Gasteiger partial charge in [-0.25, -0.2) is 0 Å². The number of rotatable bonds is 5. The van der Waals surface area contributed by atoms with E-state index in [0.29, 0.717) is 0 Å². The first kappa shape index (κ1) is 15.4. The molecule has 5 heteroatoms. The van der Waals surface area contributed by atoms with Gasteiger partial charge in [0.2, 0.25) is 5.91 Å². The number of carbonyl (C=O) groups excluding carboxylic acids is 1. The van der Waals surface area contributed by atoms with Crippen molar-refractivity contribution in [2.24, 2.45) is 0 Å². The number of methoxy groups -OCH3 is 1. The standard InChI is InChI=1S/C13H26N2O3/c1-13(2,3)18-10-9-14-5-7-15(8-6-14)12(16)11-17-4/h5-11H2,1-4H3. The van der Waals surface area contributed by atoms with E-state index in [9.17, 15) is 4.79 Å². The Morgan fingerprint density at radius 2 is 1.78 bits per heavy atom. The van der Waals surface area contributed by atoms with E-state index in [1.807, 2.05) is 4.90 Å². The predicted molar refractivity (Wildman–Crippen MR) is 70.6 cm³/mol. The van der Waals surface area contributed by atoms with Crippen LogP contribution >= 0.6 is 0 Å². The van der Waals surface area contributed by atoms with Gasteiger partial charge in [0.25, 0.3) is 0 Å². The summed E-state index contributed by atoms with van der Waals surface area (Å²) in [5, 5.41) is 0. The minimum absolute atomic E-state index is 0.0732. The Balaban J connectivity index is 2.17. The Hall–Kier alpha value is -0.650. The molecule has 1 amide bonds. The first-order valence-electron chi connectivity index (χ1n) is 6.55. The quantitative estimate of drug-likeness (QED) is 0.724. The molecule has 0 N–H and O–H groups in total. The molecule has 1 saturated heterocycles. The van der Waals surface area contributed by atoms with Gasteiger partial charge in [-0.1, -0.05) is 0 Å². The minimum atomic E-state index is -0.0732. The highest BCUT2D eigenvalue weighted by Crippen LogP contribution is 2.07. The molecule has 0 aliphatic carbocycles. The third-order valence-electron chi connectivity index (χ3n) is 2.94. The fourth-order valence-corrected chi connectivity index (χ4v) is 1.92. The van der Waals surface area contributed by atoms with Crippen LogP contribution in [0, 0.1) is 0 Å². The van der Waals surface area contributed by atoms with Gasteiger partial charge in [0, 0.05) is 39.8 Å². The van der Waals surface area contributed by atoms with E-state index in [1.165, 1.54) is 0 Å². The molecule has 0 spiro atoms. The molecule has 1 rings (SSSR count). The fourth-order valence-electron chi connectivity index (χ4n) is 1.92. The zero-order valence-corrected chi connectivity index (χ0v) is 12.1. The van der Waals surface area contributed by atoms with E-state index in [4.69, 9.17) is 9.47 Å². The van der Waals surface area contributed by atoms with Crippen LogP contribution in [-0.2, 0) is 14.3 Å². The van der Waals surface area contributed by atoms with Gasteiger partial charge in [0.1, 0.15) is 6.61 Å². The van der Waals surface area contributed by atoms with Crippen LogP contribution in [0.4, 0.5) is 0 Å². The van der Waals surface area contributed by atoms with Crippen LogP contribution in [0.15, 0.2) is 0 Å². The molecular formula is C13H26N2O3. The van der Waals surface area contributed by atoms with Crippen LogP contribution in [0.3, 0.4) is 0 Å².